The molecule has 0 bridgehead atoms. The summed E-state index contributed by atoms with van der Waals surface area (Å²) in [6.45, 7) is 1.13. The molecule has 1 amide bonds. The van der Waals surface area contributed by atoms with Gasteiger partial charge in [0.05, 0.1) is 14.2 Å². The molecule has 0 saturated carbocycles. The van der Waals surface area contributed by atoms with E-state index >= 15 is 0 Å². The molecule has 104 valence electrons. The van der Waals surface area contributed by atoms with Crippen LogP contribution in [0.25, 0.3) is 0 Å². The van der Waals surface area contributed by atoms with Crippen molar-refractivity contribution in [1.82, 2.24) is 5.32 Å². The molecule has 1 aromatic rings. The summed E-state index contributed by atoms with van der Waals surface area (Å²) < 4.78 is 15.7. The number of nitrogens with one attached hydrogen (secondary N) is 1. The molecule has 1 aliphatic rings. The van der Waals surface area contributed by atoms with Gasteiger partial charge in [0, 0.05) is 13.2 Å². The third-order valence-electron chi connectivity index (χ3n) is 3.14. The number of methoxy groups -OCH3 is 2. The molecule has 1 heterocycles. The first kappa shape index (κ1) is 13.7. The lowest BCUT2D eigenvalue weighted by atomic mass is 10.2. The number of hydrogen-bond donors (Lipinski definition) is 1. The smallest absolute Gasteiger partial charge is 0.249 e. The van der Waals surface area contributed by atoms with Crippen LogP contribution >= 0.6 is 0 Å². The number of hydrogen-bond acceptors (Lipinski definition) is 4. The van der Waals surface area contributed by atoms with Gasteiger partial charge in [-0.1, -0.05) is 6.07 Å². The quantitative estimate of drug-likeness (QED) is 0.876. The van der Waals surface area contributed by atoms with Crippen LogP contribution in [0.1, 0.15) is 18.4 Å². The molecule has 5 heteroatoms. The van der Waals surface area contributed by atoms with Crippen molar-refractivity contribution < 1.29 is 19.0 Å². The lowest BCUT2D eigenvalue weighted by Crippen LogP contribution is -2.33. The molecule has 1 saturated heterocycles. The van der Waals surface area contributed by atoms with E-state index in [4.69, 9.17) is 14.2 Å². The van der Waals surface area contributed by atoms with Crippen molar-refractivity contribution in [1.29, 1.82) is 0 Å². The van der Waals surface area contributed by atoms with Gasteiger partial charge in [0.2, 0.25) is 5.91 Å². The molecule has 0 aliphatic carbocycles. The Morgan fingerprint density at radius 1 is 1.37 bits per heavy atom. The van der Waals surface area contributed by atoms with Crippen LogP contribution < -0.4 is 14.8 Å². The van der Waals surface area contributed by atoms with Gasteiger partial charge in [0.25, 0.3) is 0 Å². The monoisotopic (exact) mass is 265 g/mol. The van der Waals surface area contributed by atoms with Gasteiger partial charge in [-0.2, -0.15) is 0 Å². The zero-order chi connectivity index (χ0) is 13.7. The van der Waals surface area contributed by atoms with Gasteiger partial charge in [-0.05, 0) is 30.5 Å². The molecule has 0 unspecified atom stereocenters. The maximum absolute atomic E-state index is 11.8. The van der Waals surface area contributed by atoms with Gasteiger partial charge in [0.1, 0.15) is 6.10 Å². The Balaban J connectivity index is 1.93. The maximum Gasteiger partial charge on any atom is 0.249 e. The van der Waals surface area contributed by atoms with E-state index in [1.54, 1.807) is 14.2 Å². The van der Waals surface area contributed by atoms with E-state index in [-0.39, 0.29) is 12.0 Å². The third kappa shape index (κ3) is 3.38. The first-order chi connectivity index (χ1) is 9.24. The minimum Gasteiger partial charge on any atom is -0.493 e. The van der Waals surface area contributed by atoms with E-state index in [9.17, 15) is 4.79 Å². The lowest BCUT2D eigenvalue weighted by molar-refractivity contribution is -0.130. The summed E-state index contributed by atoms with van der Waals surface area (Å²) in [4.78, 5) is 11.8. The topological polar surface area (TPSA) is 56.8 Å². The van der Waals surface area contributed by atoms with Crippen LogP contribution in [0.5, 0.6) is 11.5 Å². The summed E-state index contributed by atoms with van der Waals surface area (Å²) in [5.74, 6) is 1.29. The lowest BCUT2D eigenvalue weighted by Gasteiger charge is -2.12. The van der Waals surface area contributed by atoms with Crippen molar-refractivity contribution >= 4 is 5.91 Å². The largest absolute Gasteiger partial charge is 0.493 e. The molecule has 0 aromatic heterocycles. The summed E-state index contributed by atoms with van der Waals surface area (Å²) >= 11 is 0. The van der Waals surface area contributed by atoms with Gasteiger partial charge < -0.3 is 19.5 Å². The highest BCUT2D eigenvalue weighted by atomic mass is 16.5. The van der Waals surface area contributed by atoms with E-state index in [1.807, 2.05) is 18.2 Å². The summed E-state index contributed by atoms with van der Waals surface area (Å²) in [6.07, 6.45) is 1.46. The third-order valence-corrected chi connectivity index (χ3v) is 3.14. The summed E-state index contributed by atoms with van der Waals surface area (Å²) in [7, 11) is 3.18. The molecule has 0 radical (unpaired) electrons. The van der Waals surface area contributed by atoms with Crippen LogP contribution in [-0.4, -0.2) is 32.8 Å². The van der Waals surface area contributed by atoms with Gasteiger partial charge >= 0.3 is 0 Å². The van der Waals surface area contributed by atoms with Crippen LogP contribution in [0.2, 0.25) is 0 Å². The molecule has 1 fully saturated rings. The first-order valence-electron chi connectivity index (χ1n) is 6.35. The van der Waals surface area contributed by atoms with Gasteiger partial charge in [-0.25, -0.2) is 0 Å². The number of amides is 1. The molecular weight excluding hydrogens is 246 g/mol. The fraction of sp³-hybridized carbons (Fsp3) is 0.500. The summed E-state index contributed by atoms with van der Waals surface area (Å²) in [6, 6.07) is 5.58. The molecular formula is C14H19NO4. The number of ether oxygens (including phenoxy) is 3. The van der Waals surface area contributed by atoms with Crippen LogP contribution in [0.3, 0.4) is 0 Å². The fourth-order valence-electron chi connectivity index (χ4n) is 2.08. The number of carbonyl (C=O) groups excluding carboxylic acids is 1. The number of carbonyl (C=O) groups is 1. The van der Waals surface area contributed by atoms with E-state index in [1.165, 1.54) is 0 Å². The zero-order valence-electron chi connectivity index (χ0n) is 11.3. The number of benzene rings is 1. The Hall–Kier alpha value is -1.75. The van der Waals surface area contributed by atoms with Gasteiger partial charge in [0.15, 0.2) is 11.5 Å². The Bertz CT molecular complexity index is 441. The van der Waals surface area contributed by atoms with E-state index in [0.29, 0.717) is 24.7 Å². The zero-order valence-corrected chi connectivity index (χ0v) is 11.3. The molecule has 5 nitrogen and oxygen atoms in total. The molecule has 2 rings (SSSR count). The first-order valence-corrected chi connectivity index (χ1v) is 6.35. The van der Waals surface area contributed by atoms with Crippen molar-refractivity contribution in [3.8, 4) is 11.5 Å². The van der Waals surface area contributed by atoms with Crippen LogP contribution in [-0.2, 0) is 16.1 Å². The highest BCUT2D eigenvalue weighted by Gasteiger charge is 2.23. The van der Waals surface area contributed by atoms with E-state index < -0.39 is 0 Å². The van der Waals surface area contributed by atoms with Crippen LogP contribution in [0.4, 0.5) is 0 Å². The van der Waals surface area contributed by atoms with Crippen LogP contribution in [0.15, 0.2) is 18.2 Å². The van der Waals surface area contributed by atoms with Crippen molar-refractivity contribution in [3.63, 3.8) is 0 Å². The molecule has 1 N–H and O–H groups in total. The standard InChI is InChI=1S/C14H19NO4/c1-17-11-6-5-10(8-13(11)18-2)9-15-14(16)12-4-3-7-19-12/h5-6,8,12H,3-4,7,9H2,1-2H3,(H,15,16)/t12-/m1/s1. The van der Waals surface area contributed by atoms with Crippen molar-refractivity contribution in [2.75, 3.05) is 20.8 Å². The fourth-order valence-corrected chi connectivity index (χ4v) is 2.08. The Labute approximate surface area is 112 Å². The second kappa shape index (κ2) is 6.43. The Morgan fingerprint density at radius 3 is 2.79 bits per heavy atom. The van der Waals surface area contributed by atoms with Crippen molar-refractivity contribution in [2.45, 2.75) is 25.5 Å². The van der Waals surface area contributed by atoms with E-state index in [0.717, 1.165) is 18.4 Å². The molecule has 1 atom stereocenters. The average Bonchev–Trinajstić information content (AvgIpc) is 2.98. The minimum atomic E-state index is -0.292. The second-order valence-corrected chi connectivity index (χ2v) is 4.41. The van der Waals surface area contributed by atoms with Crippen LogP contribution in [0, 0.1) is 0 Å². The molecule has 1 aliphatic heterocycles. The minimum absolute atomic E-state index is 0.0488. The van der Waals surface area contributed by atoms with Gasteiger partial charge in [-0.3, -0.25) is 4.79 Å². The SMILES string of the molecule is COc1ccc(CNC(=O)[C@H]2CCCO2)cc1OC. The number of rotatable bonds is 5. The Morgan fingerprint density at radius 2 is 2.16 bits per heavy atom. The van der Waals surface area contributed by atoms with E-state index in [2.05, 4.69) is 5.32 Å². The van der Waals surface area contributed by atoms with Crippen molar-refractivity contribution in [3.05, 3.63) is 23.8 Å². The molecule has 1 aromatic carbocycles. The summed E-state index contributed by atoms with van der Waals surface area (Å²) in [5.41, 5.74) is 0.962. The highest BCUT2D eigenvalue weighted by molar-refractivity contribution is 5.80. The molecule has 0 spiro atoms. The predicted octanol–water partition coefficient (Wildman–Crippen LogP) is 1.50. The average molecular weight is 265 g/mol. The normalized spacial score (nSPS) is 18.1. The Kier molecular flexibility index (Phi) is 4.63. The van der Waals surface area contributed by atoms with Gasteiger partial charge in [-0.15, -0.1) is 0 Å². The van der Waals surface area contributed by atoms with Crippen molar-refractivity contribution in [2.24, 2.45) is 0 Å². The highest BCUT2D eigenvalue weighted by Crippen LogP contribution is 2.27. The molecule has 19 heavy (non-hydrogen) atoms. The summed E-state index contributed by atoms with van der Waals surface area (Å²) in [5, 5.41) is 2.87. The second-order valence-electron chi connectivity index (χ2n) is 4.41. The maximum atomic E-state index is 11.8. The predicted molar refractivity (Wildman–Crippen MR) is 70.4 cm³/mol.